The van der Waals surface area contributed by atoms with Crippen LogP contribution in [-0.2, 0) is 13.0 Å². The Balaban J connectivity index is 1.49. The molecule has 1 aliphatic rings. The molecule has 0 saturated carbocycles. The summed E-state index contributed by atoms with van der Waals surface area (Å²) in [4.78, 5) is 13.3. The number of nitrogens with zero attached hydrogens (tertiary/aromatic N) is 3. The number of fused-ring (bicyclic) bond motifs is 1. The lowest BCUT2D eigenvalue weighted by Gasteiger charge is -2.30. The molecule has 0 amide bonds. The molecule has 6 heteroatoms. The molecule has 1 unspecified atom stereocenters. The van der Waals surface area contributed by atoms with Crippen LogP contribution >= 0.6 is 11.9 Å². The minimum absolute atomic E-state index is 0.0272. The van der Waals surface area contributed by atoms with Gasteiger partial charge in [0.15, 0.2) is 0 Å². The van der Waals surface area contributed by atoms with Crippen LogP contribution in [0.15, 0.2) is 101 Å². The molecule has 3 aromatic carbocycles. The van der Waals surface area contributed by atoms with E-state index >= 15 is 0 Å². The van der Waals surface area contributed by atoms with Gasteiger partial charge in [0.05, 0.1) is 28.6 Å². The van der Waals surface area contributed by atoms with Gasteiger partial charge in [-0.25, -0.2) is 4.98 Å². The summed E-state index contributed by atoms with van der Waals surface area (Å²) in [5.41, 5.74) is 4.21. The third-order valence-electron chi connectivity index (χ3n) is 5.07. The fourth-order valence-corrected chi connectivity index (χ4v) is 4.60. The molecule has 0 radical (unpaired) electrons. The van der Waals surface area contributed by atoms with E-state index in [0.717, 1.165) is 39.7 Å². The predicted octanol–water partition coefficient (Wildman–Crippen LogP) is 5.83. The number of anilines is 1. The molecule has 1 N–H and O–H groups in total. The van der Waals surface area contributed by atoms with E-state index in [1.165, 1.54) is 0 Å². The smallest absolute Gasteiger partial charge is 0.143 e. The highest BCUT2D eigenvalue weighted by molar-refractivity contribution is 8.00. The van der Waals surface area contributed by atoms with E-state index in [2.05, 4.69) is 38.5 Å². The average Bonchev–Trinajstić information content (AvgIpc) is 3.27. The average molecular weight is 427 g/mol. The first-order valence-electron chi connectivity index (χ1n) is 10.2. The molecule has 5 rings (SSSR count). The molecule has 2 heterocycles. The van der Waals surface area contributed by atoms with E-state index in [9.17, 15) is 0 Å². The van der Waals surface area contributed by atoms with Crippen LogP contribution in [0.1, 0.15) is 11.3 Å². The van der Waals surface area contributed by atoms with Gasteiger partial charge in [-0.15, -0.1) is 0 Å². The number of aliphatic imine (C=N–C) groups is 1. The van der Waals surface area contributed by atoms with Gasteiger partial charge in [0.1, 0.15) is 12.4 Å². The summed E-state index contributed by atoms with van der Waals surface area (Å²) >= 11 is 1.69. The number of rotatable bonds is 6. The molecule has 1 atom stereocenters. The Morgan fingerprint density at radius 1 is 0.935 bits per heavy atom. The lowest BCUT2D eigenvalue weighted by atomic mass is 10.1. The van der Waals surface area contributed by atoms with Gasteiger partial charge < -0.3 is 9.72 Å². The van der Waals surface area contributed by atoms with Gasteiger partial charge in [0, 0.05) is 24.5 Å². The van der Waals surface area contributed by atoms with Crippen molar-refractivity contribution in [3.05, 3.63) is 103 Å². The quantitative estimate of drug-likeness (QED) is 0.394. The highest BCUT2D eigenvalue weighted by Gasteiger charge is 2.26. The number of hydrogen-bond acceptors (Lipinski definition) is 5. The van der Waals surface area contributed by atoms with Gasteiger partial charge >= 0.3 is 0 Å². The number of aromatic amines is 1. The van der Waals surface area contributed by atoms with Crippen molar-refractivity contribution in [3.63, 3.8) is 0 Å². The molecule has 1 aromatic heterocycles. The van der Waals surface area contributed by atoms with Crippen LogP contribution < -0.4 is 9.04 Å². The van der Waals surface area contributed by atoms with Crippen molar-refractivity contribution in [3.8, 4) is 5.75 Å². The first-order chi connectivity index (χ1) is 15.4. The number of H-pyrrole nitrogens is 1. The molecule has 4 aromatic rings. The number of para-hydroxylation sites is 3. The zero-order chi connectivity index (χ0) is 20.9. The van der Waals surface area contributed by atoms with Crippen molar-refractivity contribution in [2.75, 3.05) is 4.31 Å². The SMILES string of the molecule is C1=Nc2ccccc2SN(c2ccccc2OCc2ccccc2)C1Cc1cnc[nH]1. The number of imidazole rings is 1. The van der Waals surface area contributed by atoms with Gasteiger partial charge in [-0.05, 0) is 41.8 Å². The number of nitrogens with one attached hydrogen (secondary N) is 1. The topological polar surface area (TPSA) is 53.5 Å². The van der Waals surface area contributed by atoms with E-state index in [1.807, 2.05) is 67.0 Å². The second kappa shape index (κ2) is 9.10. The molecule has 31 heavy (non-hydrogen) atoms. The molecule has 1 aliphatic heterocycles. The molecule has 5 nitrogen and oxygen atoms in total. The standard InChI is InChI=1S/C25H22N4OS/c1-2-8-19(9-3-1)17-30-24-12-6-5-11-23(24)29-21(14-20-15-26-18-28-20)16-27-22-10-4-7-13-25(22)31-29/h1-13,15-16,18,21H,14,17H2,(H,26,28). The molecule has 0 spiro atoms. The van der Waals surface area contributed by atoms with Crippen molar-refractivity contribution < 1.29 is 4.74 Å². The van der Waals surface area contributed by atoms with Crippen LogP contribution in [0.3, 0.4) is 0 Å². The molecule has 0 fully saturated rings. The summed E-state index contributed by atoms with van der Waals surface area (Å²) in [6.45, 7) is 0.520. The van der Waals surface area contributed by atoms with Crippen molar-refractivity contribution in [1.82, 2.24) is 9.97 Å². The van der Waals surface area contributed by atoms with E-state index < -0.39 is 0 Å². The highest BCUT2D eigenvalue weighted by Crippen LogP contribution is 2.42. The summed E-state index contributed by atoms with van der Waals surface area (Å²) in [6, 6.07) is 26.7. The van der Waals surface area contributed by atoms with Gasteiger partial charge in [-0.3, -0.25) is 9.30 Å². The monoisotopic (exact) mass is 426 g/mol. The largest absolute Gasteiger partial charge is 0.487 e. The maximum absolute atomic E-state index is 6.27. The minimum atomic E-state index is 0.0272. The lowest BCUT2D eigenvalue weighted by molar-refractivity contribution is 0.307. The molecule has 154 valence electrons. The third-order valence-corrected chi connectivity index (χ3v) is 6.28. The number of hydrogen-bond donors (Lipinski definition) is 1. The van der Waals surface area contributed by atoms with E-state index in [4.69, 9.17) is 9.73 Å². The normalized spacial score (nSPS) is 15.4. The molecule has 0 bridgehead atoms. The summed E-state index contributed by atoms with van der Waals surface area (Å²) in [7, 11) is 0. The first kappa shape index (κ1) is 19.5. The van der Waals surface area contributed by atoms with Gasteiger partial charge in [-0.1, -0.05) is 54.6 Å². The van der Waals surface area contributed by atoms with Crippen LogP contribution in [-0.4, -0.2) is 22.2 Å². The Bertz CT molecular complexity index is 1160. The van der Waals surface area contributed by atoms with Crippen LogP contribution in [0.4, 0.5) is 11.4 Å². The van der Waals surface area contributed by atoms with Crippen molar-refractivity contribution in [2.45, 2.75) is 24.0 Å². The van der Waals surface area contributed by atoms with Gasteiger partial charge in [0.2, 0.25) is 0 Å². The summed E-state index contributed by atoms with van der Waals surface area (Å²) in [6.07, 6.45) is 6.37. The first-order valence-corrected chi connectivity index (χ1v) is 11.0. The van der Waals surface area contributed by atoms with E-state index in [1.54, 1.807) is 18.3 Å². The number of aromatic nitrogens is 2. The van der Waals surface area contributed by atoms with Gasteiger partial charge in [-0.2, -0.15) is 0 Å². The van der Waals surface area contributed by atoms with Gasteiger partial charge in [0.25, 0.3) is 0 Å². The van der Waals surface area contributed by atoms with E-state index in [0.29, 0.717) is 6.61 Å². The zero-order valence-electron chi connectivity index (χ0n) is 16.9. The summed E-state index contributed by atoms with van der Waals surface area (Å²) in [5, 5.41) is 0. The zero-order valence-corrected chi connectivity index (χ0v) is 17.7. The Morgan fingerprint density at radius 3 is 2.61 bits per heavy atom. The van der Waals surface area contributed by atoms with Crippen molar-refractivity contribution in [2.24, 2.45) is 4.99 Å². The maximum atomic E-state index is 6.27. The molecular formula is C25H22N4OS. The summed E-state index contributed by atoms with van der Waals surface area (Å²) < 4.78 is 8.56. The Kier molecular flexibility index (Phi) is 5.71. The second-order valence-electron chi connectivity index (χ2n) is 7.25. The van der Waals surface area contributed by atoms with Crippen LogP contribution in [0.25, 0.3) is 0 Å². The fraction of sp³-hybridized carbons (Fsp3) is 0.120. The Labute approximate surface area is 186 Å². The predicted molar refractivity (Wildman–Crippen MR) is 126 cm³/mol. The molecule has 0 saturated heterocycles. The van der Waals surface area contributed by atoms with Crippen LogP contribution in [0.2, 0.25) is 0 Å². The second-order valence-corrected chi connectivity index (χ2v) is 8.27. The highest BCUT2D eigenvalue weighted by atomic mass is 32.2. The Hall–Kier alpha value is -3.51. The minimum Gasteiger partial charge on any atom is -0.487 e. The third kappa shape index (κ3) is 4.49. The van der Waals surface area contributed by atoms with Crippen LogP contribution in [0.5, 0.6) is 5.75 Å². The number of benzene rings is 3. The molecular weight excluding hydrogens is 404 g/mol. The summed E-state index contributed by atoms with van der Waals surface area (Å²) in [5.74, 6) is 0.848. The number of ether oxygens (including phenoxy) is 1. The fourth-order valence-electron chi connectivity index (χ4n) is 3.52. The molecule has 0 aliphatic carbocycles. The van der Waals surface area contributed by atoms with Crippen LogP contribution in [0, 0.1) is 0 Å². The Morgan fingerprint density at radius 2 is 1.74 bits per heavy atom. The van der Waals surface area contributed by atoms with Crippen molar-refractivity contribution in [1.29, 1.82) is 0 Å². The van der Waals surface area contributed by atoms with Crippen molar-refractivity contribution >= 4 is 29.5 Å². The lowest BCUT2D eigenvalue weighted by Crippen LogP contribution is -2.32. The van der Waals surface area contributed by atoms with E-state index in [-0.39, 0.29) is 6.04 Å². The maximum Gasteiger partial charge on any atom is 0.143 e.